The molecular weight excluding hydrogens is 680 g/mol. The van der Waals surface area contributed by atoms with Crippen molar-refractivity contribution in [2.24, 2.45) is 0 Å². The quantitative estimate of drug-likeness (QED) is 0.0699. The van der Waals surface area contributed by atoms with Gasteiger partial charge < -0.3 is 61.6 Å². The van der Waals surface area contributed by atoms with Crippen LogP contribution >= 0.6 is 0 Å². The molecule has 0 heterocycles. The highest BCUT2D eigenvalue weighted by Crippen LogP contribution is 2.07. The van der Waals surface area contributed by atoms with Crippen molar-refractivity contribution >= 4 is 5.97 Å². The third kappa shape index (κ3) is 37.8. The number of hydrogen-bond acceptors (Lipinski definition) is 14. The SMILES string of the molecule is CCCCCCCC(=O)OCCOCCOCCOCCOCCOCCOCCOCCOCCOCCOCCOCCOc1ccccc1. The zero-order chi connectivity index (χ0) is 37.1. The number of carbonyl (C=O) groups excluding carboxylic acids is 1. The molecule has 0 N–H and O–H groups in total. The molecule has 0 unspecified atom stereocenters. The first-order valence-corrected chi connectivity index (χ1v) is 19.0. The predicted octanol–water partition coefficient (Wildman–Crippen LogP) is 4.15. The molecule has 0 saturated heterocycles. The second-order valence-electron chi connectivity index (χ2n) is 11.3. The van der Waals surface area contributed by atoms with E-state index in [0.717, 1.165) is 18.6 Å². The number of para-hydroxylation sites is 1. The summed E-state index contributed by atoms with van der Waals surface area (Å²) in [5.41, 5.74) is 0. The van der Waals surface area contributed by atoms with E-state index >= 15 is 0 Å². The van der Waals surface area contributed by atoms with Crippen LogP contribution in [0.15, 0.2) is 30.3 Å². The van der Waals surface area contributed by atoms with Gasteiger partial charge in [-0.15, -0.1) is 0 Å². The third-order valence-corrected chi connectivity index (χ3v) is 6.93. The Balaban J connectivity index is 1.62. The molecule has 0 spiro atoms. The van der Waals surface area contributed by atoms with Crippen molar-refractivity contribution in [2.45, 2.75) is 45.4 Å². The molecule has 0 fully saturated rings. The summed E-state index contributed by atoms with van der Waals surface area (Å²) in [6.07, 6.45) is 6.07. The minimum atomic E-state index is -0.148. The molecule has 0 bridgehead atoms. The summed E-state index contributed by atoms with van der Waals surface area (Å²) in [5.74, 6) is 0.693. The normalized spacial score (nSPS) is 11.3. The van der Waals surface area contributed by atoms with Gasteiger partial charge in [-0.2, -0.15) is 0 Å². The summed E-state index contributed by atoms with van der Waals surface area (Å²) in [4.78, 5) is 11.6. The maximum atomic E-state index is 11.6. The van der Waals surface area contributed by atoms with Crippen molar-refractivity contribution in [3.63, 3.8) is 0 Å². The second-order valence-corrected chi connectivity index (χ2v) is 11.3. The molecule has 0 aliphatic carbocycles. The largest absolute Gasteiger partial charge is 0.491 e. The van der Waals surface area contributed by atoms with Crippen LogP contribution in [0.25, 0.3) is 0 Å². The monoisotopic (exact) mass is 748 g/mol. The fourth-order valence-corrected chi connectivity index (χ4v) is 4.20. The lowest BCUT2D eigenvalue weighted by molar-refractivity contribution is -0.145. The van der Waals surface area contributed by atoms with Crippen molar-refractivity contribution in [1.29, 1.82) is 0 Å². The van der Waals surface area contributed by atoms with Gasteiger partial charge >= 0.3 is 5.97 Å². The fraction of sp³-hybridized carbons (Fsp3) is 0.816. The molecular formula is C38H68O14. The molecule has 0 atom stereocenters. The van der Waals surface area contributed by atoms with Crippen LogP contribution in [0.5, 0.6) is 5.75 Å². The molecule has 1 aromatic carbocycles. The number of carbonyl (C=O) groups is 1. The first kappa shape index (κ1) is 48.1. The molecule has 52 heavy (non-hydrogen) atoms. The highest BCUT2D eigenvalue weighted by Gasteiger charge is 2.02. The van der Waals surface area contributed by atoms with Gasteiger partial charge in [-0.1, -0.05) is 50.8 Å². The summed E-state index contributed by atoms with van der Waals surface area (Å²) in [7, 11) is 0. The van der Waals surface area contributed by atoms with E-state index < -0.39 is 0 Å². The second kappa shape index (κ2) is 41.8. The third-order valence-electron chi connectivity index (χ3n) is 6.93. The first-order chi connectivity index (χ1) is 25.8. The molecule has 0 aliphatic heterocycles. The van der Waals surface area contributed by atoms with Crippen molar-refractivity contribution in [1.82, 2.24) is 0 Å². The average Bonchev–Trinajstić information content (AvgIpc) is 3.16. The molecule has 0 radical (unpaired) electrons. The maximum Gasteiger partial charge on any atom is 0.305 e. The van der Waals surface area contributed by atoms with Gasteiger partial charge in [0.05, 0.1) is 145 Å². The van der Waals surface area contributed by atoms with E-state index in [1.807, 2.05) is 30.3 Å². The summed E-state index contributed by atoms with van der Waals surface area (Å²) < 4.78 is 71.0. The Hall–Kier alpha value is -1.95. The molecule has 14 nitrogen and oxygen atoms in total. The number of benzene rings is 1. The van der Waals surface area contributed by atoms with Crippen LogP contribution in [0.4, 0.5) is 0 Å². The Morgan fingerprint density at radius 1 is 0.385 bits per heavy atom. The zero-order valence-electron chi connectivity index (χ0n) is 31.8. The van der Waals surface area contributed by atoms with E-state index in [0.29, 0.717) is 158 Å². The van der Waals surface area contributed by atoms with Crippen LogP contribution in [-0.2, 0) is 61.6 Å². The Labute approximate surface area is 312 Å². The van der Waals surface area contributed by atoms with Crippen LogP contribution in [0.1, 0.15) is 45.4 Å². The Kier molecular flexibility index (Phi) is 38.6. The van der Waals surface area contributed by atoms with Crippen LogP contribution in [0.3, 0.4) is 0 Å². The number of esters is 1. The van der Waals surface area contributed by atoms with Crippen molar-refractivity contribution in [3.8, 4) is 5.75 Å². The standard InChI is InChI=1S/C38H68O14/c1-2-3-4-5-9-12-38(39)52-36-34-50-32-30-48-28-26-46-24-22-44-20-18-42-16-14-40-13-15-41-17-19-43-21-23-45-25-27-47-29-31-49-33-35-51-37-10-7-6-8-11-37/h6-8,10-11H,2-5,9,12-36H2,1H3. The van der Waals surface area contributed by atoms with E-state index in [2.05, 4.69) is 6.92 Å². The van der Waals surface area contributed by atoms with Gasteiger partial charge in [0.1, 0.15) is 19.0 Å². The number of unbranched alkanes of at least 4 members (excludes halogenated alkanes) is 4. The molecule has 0 aromatic heterocycles. The first-order valence-electron chi connectivity index (χ1n) is 19.0. The van der Waals surface area contributed by atoms with Crippen LogP contribution in [0.2, 0.25) is 0 Å². The zero-order valence-corrected chi connectivity index (χ0v) is 31.8. The summed E-state index contributed by atoms with van der Waals surface area (Å²) in [5, 5.41) is 0. The van der Waals surface area contributed by atoms with Gasteiger partial charge in [-0.25, -0.2) is 0 Å². The lowest BCUT2D eigenvalue weighted by atomic mass is 10.1. The van der Waals surface area contributed by atoms with Gasteiger partial charge in [0.25, 0.3) is 0 Å². The highest BCUT2D eigenvalue weighted by atomic mass is 16.6. The van der Waals surface area contributed by atoms with Crippen molar-refractivity contribution in [3.05, 3.63) is 30.3 Å². The predicted molar refractivity (Wildman–Crippen MR) is 195 cm³/mol. The maximum absolute atomic E-state index is 11.6. The van der Waals surface area contributed by atoms with E-state index in [-0.39, 0.29) is 12.6 Å². The topological polar surface area (TPSA) is 137 Å². The smallest absolute Gasteiger partial charge is 0.305 e. The van der Waals surface area contributed by atoms with Crippen LogP contribution < -0.4 is 4.74 Å². The average molecular weight is 749 g/mol. The highest BCUT2D eigenvalue weighted by molar-refractivity contribution is 5.69. The van der Waals surface area contributed by atoms with E-state index in [4.69, 9.17) is 61.6 Å². The fourth-order valence-electron chi connectivity index (χ4n) is 4.20. The minimum Gasteiger partial charge on any atom is -0.491 e. The van der Waals surface area contributed by atoms with Crippen LogP contribution in [0, 0.1) is 0 Å². The molecule has 0 amide bonds. The molecule has 0 saturated carbocycles. The number of rotatable bonds is 43. The molecule has 0 aliphatic rings. The summed E-state index contributed by atoms with van der Waals surface area (Å²) >= 11 is 0. The minimum absolute atomic E-state index is 0.148. The van der Waals surface area contributed by atoms with Crippen LogP contribution in [-0.4, -0.2) is 165 Å². The van der Waals surface area contributed by atoms with Gasteiger partial charge in [0.15, 0.2) is 0 Å². The van der Waals surface area contributed by atoms with E-state index in [1.165, 1.54) is 19.3 Å². The van der Waals surface area contributed by atoms with Gasteiger partial charge in [-0.3, -0.25) is 4.79 Å². The molecule has 1 rings (SSSR count). The van der Waals surface area contributed by atoms with E-state index in [1.54, 1.807) is 0 Å². The van der Waals surface area contributed by atoms with Crippen molar-refractivity contribution < 1.29 is 66.4 Å². The van der Waals surface area contributed by atoms with Gasteiger partial charge in [0, 0.05) is 6.42 Å². The Bertz CT molecular complexity index is 835. The van der Waals surface area contributed by atoms with E-state index in [9.17, 15) is 4.79 Å². The summed E-state index contributed by atoms with van der Waals surface area (Å²) in [6, 6.07) is 9.67. The lowest BCUT2D eigenvalue weighted by Crippen LogP contribution is -2.16. The Morgan fingerprint density at radius 3 is 1.04 bits per heavy atom. The molecule has 1 aromatic rings. The number of ether oxygens (including phenoxy) is 13. The number of hydrogen-bond donors (Lipinski definition) is 0. The lowest BCUT2D eigenvalue weighted by Gasteiger charge is -2.09. The summed E-state index contributed by atoms with van der Waals surface area (Å²) in [6.45, 7) is 13.8. The van der Waals surface area contributed by atoms with Gasteiger partial charge in [0.2, 0.25) is 0 Å². The van der Waals surface area contributed by atoms with Gasteiger partial charge in [-0.05, 0) is 18.6 Å². The molecule has 14 heteroatoms. The molecule has 304 valence electrons. The Morgan fingerprint density at radius 2 is 0.692 bits per heavy atom. The van der Waals surface area contributed by atoms with Crippen molar-refractivity contribution in [2.75, 3.05) is 159 Å².